The van der Waals surface area contributed by atoms with Gasteiger partial charge >= 0.3 is 0 Å². The molecule has 0 aliphatic heterocycles. The molecule has 7 nitrogen and oxygen atoms in total. The standard InChI is InChI=1S/C20H20N6OS2/c1-12-13(2)21-19-24-20(25-26(19)14(12)3)29-11-16-10-28-18(23-16)9-17(27)22-15-7-5-4-6-8-15/h4-8,10H,9,11H2,1-3H3,(H,22,27). The second-order valence-electron chi connectivity index (χ2n) is 6.63. The lowest BCUT2D eigenvalue weighted by molar-refractivity contribution is -0.115. The average Bonchev–Trinajstić information content (AvgIpc) is 3.32. The summed E-state index contributed by atoms with van der Waals surface area (Å²) < 4.78 is 1.78. The number of rotatable bonds is 6. The molecule has 29 heavy (non-hydrogen) atoms. The van der Waals surface area contributed by atoms with Gasteiger partial charge in [0.05, 0.1) is 12.1 Å². The number of hydrogen-bond donors (Lipinski definition) is 1. The summed E-state index contributed by atoms with van der Waals surface area (Å²) in [7, 11) is 0. The zero-order valence-electron chi connectivity index (χ0n) is 16.3. The molecule has 9 heteroatoms. The van der Waals surface area contributed by atoms with E-state index < -0.39 is 0 Å². The number of para-hydroxylation sites is 1. The molecule has 0 bridgehead atoms. The van der Waals surface area contributed by atoms with Crippen LogP contribution >= 0.6 is 23.1 Å². The van der Waals surface area contributed by atoms with Crippen molar-refractivity contribution < 1.29 is 4.79 Å². The number of thioether (sulfide) groups is 1. The predicted octanol–water partition coefficient (Wildman–Crippen LogP) is 3.98. The summed E-state index contributed by atoms with van der Waals surface area (Å²) in [5.41, 5.74) is 4.84. The minimum Gasteiger partial charge on any atom is -0.326 e. The Kier molecular flexibility index (Phi) is 5.59. The number of benzene rings is 1. The van der Waals surface area contributed by atoms with Crippen molar-refractivity contribution >= 4 is 40.5 Å². The third-order valence-corrected chi connectivity index (χ3v) is 6.33. The van der Waals surface area contributed by atoms with Crippen molar-refractivity contribution in [1.82, 2.24) is 24.6 Å². The Labute approximate surface area is 176 Å². The van der Waals surface area contributed by atoms with E-state index in [4.69, 9.17) is 0 Å². The molecule has 4 aromatic rings. The summed E-state index contributed by atoms with van der Waals surface area (Å²) in [6.45, 7) is 6.04. The molecule has 4 rings (SSSR count). The lowest BCUT2D eigenvalue weighted by atomic mass is 10.2. The van der Waals surface area contributed by atoms with Gasteiger partial charge in [0.1, 0.15) is 5.01 Å². The third kappa shape index (κ3) is 4.46. The zero-order valence-corrected chi connectivity index (χ0v) is 18.0. The van der Waals surface area contributed by atoms with Gasteiger partial charge < -0.3 is 5.32 Å². The van der Waals surface area contributed by atoms with E-state index in [0.29, 0.717) is 16.7 Å². The number of nitrogens with one attached hydrogen (secondary N) is 1. The number of hydrogen-bond acceptors (Lipinski definition) is 7. The van der Waals surface area contributed by atoms with Crippen LogP contribution in [-0.2, 0) is 17.0 Å². The SMILES string of the molecule is Cc1nc2nc(SCc3csc(CC(=O)Nc4ccccc4)n3)nn2c(C)c1C. The van der Waals surface area contributed by atoms with E-state index in [9.17, 15) is 4.79 Å². The highest BCUT2D eigenvalue weighted by Gasteiger charge is 2.13. The van der Waals surface area contributed by atoms with Crippen LogP contribution in [0.5, 0.6) is 0 Å². The lowest BCUT2D eigenvalue weighted by Gasteiger charge is -2.04. The van der Waals surface area contributed by atoms with Crippen LogP contribution < -0.4 is 5.32 Å². The largest absolute Gasteiger partial charge is 0.326 e. The Hall–Kier alpha value is -2.78. The van der Waals surface area contributed by atoms with E-state index >= 15 is 0 Å². The van der Waals surface area contributed by atoms with E-state index in [1.807, 2.05) is 56.5 Å². The Morgan fingerprint density at radius 2 is 1.93 bits per heavy atom. The van der Waals surface area contributed by atoms with Crippen molar-refractivity contribution in [3.63, 3.8) is 0 Å². The first-order chi connectivity index (χ1) is 14.0. The summed E-state index contributed by atoms with van der Waals surface area (Å²) in [6, 6.07) is 9.42. The van der Waals surface area contributed by atoms with Crippen molar-refractivity contribution in [2.45, 2.75) is 38.1 Å². The normalized spacial score (nSPS) is 11.1. The van der Waals surface area contributed by atoms with E-state index in [-0.39, 0.29) is 12.3 Å². The highest BCUT2D eigenvalue weighted by Crippen LogP contribution is 2.23. The van der Waals surface area contributed by atoms with Gasteiger partial charge in [0.15, 0.2) is 0 Å². The fourth-order valence-electron chi connectivity index (χ4n) is 2.80. The van der Waals surface area contributed by atoms with Gasteiger partial charge in [-0.2, -0.15) is 4.98 Å². The van der Waals surface area contributed by atoms with Crippen molar-refractivity contribution in [1.29, 1.82) is 0 Å². The third-order valence-electron chi connectivity index (χ3n) is 4.56. The number of carbonyl (C=O) groups is 1. The summed E-state index contributed by atoms with van der Waals surface area (Å²) in [5.74, 6) is 1.19. The molecule has 0 radical (unpaired) electrons. The first kappa shape index (κ1) is 19.5. The van der Waals surface area contributed by atoms with Gasteiger partial charge in [-0.1, -0.05) is 30.0 Å². The molecule has 0 aliphatic carbocycles. The highest BCUT2D eigenvalue weighted by molar-refractivity contribution is 7.98. The Balaban J connectivity index is 1.38. The number of carbonyl (C=O) groups excluding carboxylic acids is 1. The topological polar surface area (TPSA) is 85.1 Å². The molecule has 0 saturated carbocycles. The second kappa shape index (κ2) is 8.30. The number of fused-ring (bicyclic) bond motifs is 1. The summed E-state index contributed by atoms with van der Waals surface area (Å²) in [4.78, 5) is 25.8. The molecule has 0 spiro atoms. The molecule has 0 aliphatic rings. The van der Waals surface area contributed by atoms with E-state index in [0.717, 1.165) is 33.3 Å². The number of anilines is 1. The number of amides is 1. The van der Waals surface area contributed by atoms with Crippen molar-refractivity contribution in [3.8, 4) is 0 Å². The van der Waals surface area contributed by atoms with Crippen molar-refractivity contribution in [2.75, 3.05) is 5.32 Å². The molecule has 0 fully saturated rings. The molecule has 3 aromatic heterocycles. The maximum atomic E-state index is 12.2. The van der Waals surface area contributed by atoms with Gasteiger partial charge in [0.25, 0.3) is 5.78 Å². The lowest BCUT2D eigenvalue weighted by Crippen LogP contribution is -2.14. The van der Waals surface area contributed by atoms with Gasteiger partial charge in [0, 0.05) is 28.2 Å². The summed E-state index contributed by atoms with van der Waals surface area (Å²) in [6.07, 6.45) is 0.262. The predicted molar refractivity (Wildman–Crippen MR) is 115 cm³/mol. The van der Waals surface area contributed by atoms with E-state index in [1.54, 1.807) is 4.52 Å². The summed E-state index contributed by atoms with van der Waals surface area (Å²) >= 11 is 3.01. The summed E-state index contributed by atoms with van der Waals surface area (Å²) in [5, 5.41) is 10.9. The van der Waals surface area contributed by atoms with Crippen LogP contribution in [-0.4, -0.2) is 30.5 Å². The maximum absolute atomic E-state index is 12.2. The van der Waals surface area contributed by atoms with Crippen LogP contribution in [0.1, 0.15) is 27.7 Å². The highest BCUT2D eigenvalue weighted by atomic mass is 32.2. The zero-order chi connectivity index (χ0) is 20.4. The smallest absolute Gasteiger partial charge is 0.253 e. The fourth-order valence-corrected chi connectivity index (χ4v) is 4.41. The van der Waals surface area contributed by atoms with Gasteiger partial charge in [-0.05, 0) is 38.5 Å². The van der Waals surface area contributed by atoms with Crippen LogP contribution in [0.3, 0.4) is 0 Å². The Morgan fingerprint density at radius 3 is 2.72 bits per heavy atom. The molecule has 0 atom stereocenters. The van der Waals surface area contributed by atoms with Crippen LogP contribution in [0.4, 0.5) is 5.69 Å². The van der Waals surface area contributed by atoms with Crippen LogP contribution in [0.15, 0.2) is 40.9 Å². The molecule has 0 saturated heterocycles. The first-order valence-electron chi connectivity index (χ1n) is 9.11. The van der Waals surface area contributed by atoms with Crippen LogP contribution in [0, 0.1) is 20.8 Å². The van der Waals surface area contributed by atoms with Crippen LogP contribution in [0.25, 0.3) is 5.78 Å². The Bertz CT molecular complexity index is 1170. The van der Waals surface area contributed by atoms with E-state index in [1.165, 1.54) is 23.1 Å². The molecule has 1 N–H and O–H groups in total. The molecular weight excluding hydrogens is 404 g/mol. The number of thiazole rings is 1. The molecule has 1 amide bonds. The monoisotopic (exact) mass is 424 g/mol. The minimum absolute atomic E-state index is 0.0703. The molecule has 1 aromatic carbocycles. The van der Waals surface area contributed by atoms with Crippen molar-refractivity contribution in [3.05, 3.63) is 63.4 Å². The Morgan fingerprint density at radius 1 is 1.14 bits per heavy atom. The molecule has 3 heterocycles. The molecular formula is C20H20N6OS2. The molecule has 148 valence electrons. The first-order valence-corrected chi connectivity index (χ1v) is 11.0. The van der Waals surface area contributed by atoms with Gasteiger partial charge in [-0.25, -0.2) is 14.5 Å². The van der Waals surface area contributed by atoms with Gasteiger partial charge in [0.2, 0.25) is 11.1 Å². The van der Waals surface area contributed by atoms with Gasteiger partial charge in [-0.3, -0.25) is 4.79 Å². The maximum Gasteiger partial charge on any atom is 0.253 e. The second-order valence-corrected chi connectivity index (χ2v) is 8.51. The number of aryl methyl sites for hydroxylation is 2. The number of aromatic nitrogens is 5. The minimum atomic E-state index is -0.0703. The quantitative estimate of drug-likeness (QED) is 0.471. The van der Waals surface area contributed by atoms with Gasteiger partial charge in [-0.15, -0.1) is 16.4 Å². The van der Waals surface area contributed by atoms with Crippen molar-refractivity contribution in [2.24, 2.45) is 0 Å². The van der Waals surface area contributed by atoms with Crippen LogP contribution in [0.2, 0.25) is 0 Å². The van der Waals surface area contributed by atoms with E-state index in [2.05, 4.69) is 25.4 Å². The average molecular weight is 425 g/mol. The number of nitrogens with zero attached hydrogens (tertiary/aromatic N) is 5. The fraction of sp³-hybridized carbons (Fsp3) is 0.250. The molecule has 0 unspecified atom stereocenters.